The number of rotatable bonds is 5. The van der Waals surface area contributed by atoms with Crippen LogP contribution in [0.2, 0.25) is 0 Å². The minimum absolute atomic E-state index is 0.247. The van der Waals surface area contributed by atoms with Gasteiger partial charge in [-0.25, -0.2) is 4.68 Å². The molecule has 0 aliphatic heterocycles. The van der Waals surface area contributed by atoms with E-state index < -0.39 is 0 Å². The Morgan fingerprint density at radius 1 is 0.621 bits per heavy atom. The third kappa shape index (κ3) is 4.62. The Morgan fingerprint density at radius 2 is 1.17 bits per heavy atom. The van der Waals surface area contributed by atoms with Crippen molar-refractivity contribution in [3.8, 4) is 17.2 Å². The van der Waals surface area contributed by atoms with Gasteiger partial charge in [0.25, 0.3) is 0 Å². The fraction of sp³-hybridized carbons (Fsp3) is 0. The molecule has 4 nitrogen and oxygen atoms in total. The second kappa shape index (κ2) is 8.31. The summed E-state index contributed by atoms with van der Waals surface area (Å²) in [6.07, 6.45) is 7.90. The number of benzene rings is 3. The number of nitrogens with zero attached hydrogens (tertiary/aromatic N) is 2. The molecule has 0 aliphatic rings. The minimum Gasteiger partial charge on any atom is -0.508 e. The number of para-hydroxylation sites is 1. The van der Waals surface area contributed by atoms with Gasteiger partial charge in [0.15, 0.2) is 0 Å². The Hall–Kier alpha value is -4.05. The Balaban J connectivity index is 1.67. The van der Waals surface area contributed by atoms with Crippen LogP contribution in [0.25, 0.3) is 30.0 Å². The summed E-state index contributed by atoms with van der Waals surface area (Å²) in [6, 6.07) is 26.1. The zero-order valence-electron chi connectivity index (χ0n) is 15.7. The molecule has 29 heavy (non-hydrogen) atoms. The first-order valence-electron chi connectivity index (χ1n) is 9.27. The van der Waals surface area contributed by atoms with E-state index in [2.05, 4.69) is 0 Å². The van der Waals surface area contributed by atoms with Crippen molar-refractivity contribution < 1.29 is 10.2 Å². The smallest absolute Gasteiger partial charge is 0.115 e. The molecule has 3 aromatic carbocycles. The van der Waals surface area contributed by atoms with Gasteiger partial charge in [0.2, 0.25) is 0 Å². The highest BCUT2D eigenvalue weighted by molar-refractivity contribution is 5.73. The minimum atomic E-state index is 0.247. The van der Waals surface area contributed by atoms with Crippen molar-refractivity contribution in [2.75, 3.05) is 0 Å². The number of hydrogen-bond acceptors (Lipinski definition) is 3. The maximum atomic E-state index is 9.45. The molecule has 0 aliphatic carbocycles. The average molecular weight is 380 g/mol. The second-order valence-electron chi connectivity index (χ2n) is 6.59. The van der Waals surface area contributed by atoms with Crippen LogP contribution >= 0.6 is 0 Å². The third-order valence-corrected chi connectivity index (χ3v) is 4.44. The van der Waals surface area contributed by atoms with Crippen LogP contribution in [-0.2, 0) is 0 Å². The maximum Gasteiger partial charge on any atom is 0.115 e. The fourth-order valence-electron chi connectivity index (χ4n) is 2.92. The van der Waals surface area contributed by atoms with Gasteiger partial charge in [-0.2, -0.15) is 5.10 Å². The van der Waals surface area contributed by atoms with Crippen molar-refractivity contribution in [1.29, 1.82) is 0 Å². The van der Waals surface area contributed by atoms with Crippen molar-refractivity contribution >= 4 is 24.3 Å². The third-order valence-electron chi connectivity index (χ3n) is 4.44. The lowest BCUT2D eigenvalue weighted by Gasteiger charge is -2.04. The van der Waals surface area contributed by atoms with Crippen molar-refractivity contribution in [3.05, 3.63) is 107 Å². The number of hydrogen-bond donors (Lipinski definition) is 2. The van der Waals surface area contributed by atoms with Gasteiger partial charge in [-0.15, -0.1) is 0 Å². The summed E-state index contributed by atoms with van der Waals surface area (Å²) in [5.41, 5.74) is 4.71. The van der Waals surface area contributed by atoms with E-state index in [9.17, 15) is 10.2 Å². The Kier molecular flexibility index (Phi) is 5.25. The zero-order valence-corrected chi connectivity index (χ0v) is 15.7. The molecule has 0 atom stereocenters. The normalized spacial score (nSPS) is 11.4. The van der Waals surface area contributed by atoms with Gasteiger partial charge in [0, 0.05) is 0 Å². The second-order valence-corrected chi connectivity index (χ2v) is 6.59. The predicted molar refractivity (Wildman–Crippen MR) is 118 cm³/mol. The summed E-state index contributed by atoms with van der Waals surface area (Å²) in [5, 5.41) is 23.6. The van der Waals surface area contributed by atoms with Crippen molar-refractivity contribution in [2.45, 2.75) is 0 Å². The highest BCUT2D eigenvalue weighted by Crippen LogP contribution is 2.19. The largest absolute Gasteiger partial charge is 0.508 e. The molecule has 0 unspecified atom stereocenters. The summed E-state index contributed by atoms with van der Waals surface area (Å²) in [6.45, 7) is 0. The van der Waals surface area contributed by atoms with Gasteiger partial charge in [0.1, 0.15) is 11.5 Å². The number of aromatic nitrogens is 2. The van der Waals surface area contributed by atoms with E-state index in [-0.39, 0.29) is 11.5 Å². The van der Waals surface area contributed by atoms with E-state index >= 15 is 0 Å². The zero-order chi connectivity index (χ0) is 20.1. The first-order chi connectivity index (χ1) is 14.2. The lowest BCUT2D eigenvalue weighted by atomic mass is 10.1. The van der Waals surface area contributed by atoms with Gasteiger partial charge < -0.3 is 10.2 Å². The van der Waals surface area contributed by atoms with Crippen LogP contribution in [0.15, 0.2) is 84.9 Å². The first kappa shape index (κ1) is 18.3. The molecule has 4 heteroatoms. The van der Waals surface area contributed by atoms with Crippen LogP contribution in [0.4, 0.5) is 0 Å². The van der Waals surface area contributed by atoms with Crippen LogP contribution in [0.1, 0.15) is 22.5 Å². The molecule has 0 bridgehead atoms. The van der Waals surface area contributed by atoms with E-state index in [1.807, 2.05) is 89.6 Å². The van der Waals surface area contributed by atoms with Crippen LogP contribution in [0.3, 0.4) is 0 Å². The highest BCUT2D eigenvalue weighted by Gasteiger charge is 2.06. The lowest BCUT2D eigenvalue weighted by Crippen LogP contribution is -1.98. The summed E-state index contributed by atoms with van der Waals surface area (Å²) in [4.78, 5) is 0. The molecule has 0 amide bonds. The Labute approximate surface area is 169 Å². The van der Waals surface area contributed by atoms with Gasteiger partial charge in [-0.3, -0.25) is 0 Å². The maximum absolute atomic E-state index is 9.45. The topological polar surface area (TPSA) is 58.3 Å². The van der Waals surface area contributed by atoms with E-state index in [1.54, 1.807) is 24.3 Å². The molecular weight excluding hydrogens is 360 g/mol. The number of aromatic hydroxyl groups is 2. The molecular formula is C25H20N2O2. The van der Waals surface area contributed by atoms with Crippen LogP contribution < -0.4 is 0 Å². The summed E-state index contributed by atoms with van der Waals surface area (Å²) >= 11 is 0. The first-order valence-corrected chi connectivity index (χ1v) is 9.27. The average Bonchev–Trinajstić information content (AvgIpc) is 3.17. The van der Waals surface area contributed by atoms with E-state index in [0.717, 1.165) is 28.2 Å². The Bertz CT molecular complexity index is 1140. The van der Waals surface area contributed by atoms with Crippen molar-refractivity contribution in [2.24, 2.45) is 0 Å². The Morgan fingerprint density at radius 3 is 1.76 bits per heavy atom. The molecule has 1 heterocycles. The van der Waals surface area contributed by atoms with Crippen LogP contribution in [0, 0.1) is 0 Å². The number of phenolic OH excluding ortho intramolecular Hbond substituents is 2. The molecule has 142 valence electrons. The molecule has 0 fully saturated rings. The summed E-state index contributed by atoms with van der Waals surface area (Å²) in [7, 11) is 0. The van der Waals surface area contributed by atoms with Crippen LogP contribution in [0.5, 0.6) is 11.5 Å². The SMILES string of the molecule is Oc1ccc(/C=C\c2cc(/C=C/c3ccc(O)cc3)nn2-c2ccccc2)cc1. The molecule has 1 aromatic heterocycles. The molecule has 2 N–H and O–H groups in total. The fourth-order valence-corrected chi connectivity index (χ4v) is 2.92. The van der Waals surface area contributed by atoms with E-state index in [0.29, 0.717) is 0 Å². The molecule has 0 saturated heterocycles. The van der Waals surface area contributed by atoms with Crippen LogP contribution in [-0.4, -0.2) is 20.0 Å². The molecule has 0 saturated carbocycles. The van der Waals surface area contributed by atoms with Gasteiger partial charge in [-0.05, 0) is 65.7 Å². The highest BCUT2D eigenvalue weighted by atomic mass is 16.3. The molecule has 4 aromatic rings. The summed E-state index contributed by atoms with van der Waals surface area (Å²) in [5.74, 6) is 0.496. The van der Waals surface area contributed by atoms with Crippen molar-refractivity contribution in [1.82, 2.24) is 9.78 Å². The lowest BCUT2D eigenvalue weighted by molar-refractivity contribution is 0.474. The van der Waals surface area contributed by atoms with Gasteiger partial charge in [0.05, 0.1) is 17.1 Å². The summed E-state index contributed by atoms with van der Waals surface area (Å²) < 4.78 is 1.90. The quantitative estimate of drug-likeness (QED) is 0.472. The predicted octanol–water partition coefficient (Wildman–Crippen LogP) is 5.62. The number of phenols is 2. The van der Waals surface area contributed by atoms with Crippen molar-refractivity contribution in [3.63, 3.8) is 0 Å². The molecule has 0 radical (unpaired) electrons. The molecule has 4 rings (SSSR count). The van der Waals surface area contributed by atoms with Gasteiger partial charge >= 0.3 is 0 Å². The van der Waals surface area contributed by atoms with Gasteiger partial charge in [-0.1, -0.05) is 54.6 Å². The molecule has 0 spiro atoms. The monoisotopic (exact) mass is 380 g/mol. The standard InChI is InChI=1S/C25H20N2O2/c28-24-14-8-19(9-15-24)6-12-21-18-23(13-7-20-10-16-25(29)17-11-20)27(26-21)22-4-2-1-3-5-22/h1-18,28-29H/b12-6+,13-7-. The van der Waals surface area contributed by atoms with E-state index in [1.165, 1.54) is 0 Å². The van der Waals surface area contributed by atoms with E-state index in [4.69, 9.17) is 5.10 Å².